The first-order valence-corrected chi connectivity index (χ1v) is 13.8. The number of rotatable bonds is 8. The van der Waals surface area contributed by atoms with Crippen LogP contribution >= 0.6 is 0 Å². The topological polar surface area (TPSA) is 83.8 Å². The van der Waals surface area contributed by atoms with Crippen LogP contribution in [-0.2, 0) is 14.8 Å². The van der Waals surface area contributed by atoms with Gasteiger partial charge in [-0.25, -0.2) is 13.8 Å². The van der Waals surface area contributed by atoms with Crippen molar-refractivity contribution in [1.29, 1.82) is 0 Å². The van der Waals surface area contributed by atoms with Crippen molar-refractivity contribution in [2.24, 2.45) is 5.10 Å². The van der Waals surface area contributed by atoms with Gasteiger partial charge < -0.3 is 4.57 Å². The SMILES string of the molecule is Cc1ccc(-n2c(C)cc(/C=N\NC(=O)CN(c3ccccc3C)S(=O)(=O)c3ccccc3)c2C)cc1C. The van der Waals surface area contributed by atoms with Crippen LogP contribution in [0.15, 0.2) is 88.9 Å². The number of hydrogen-bond acceptors (Lipinski definition) is 4. The van der Waals surface area contributed by atoms with Gasteiger partial charge in [0.2, 0.25) is 0 Å². The second-order valence-corrected chi connectivity index (χ2v) is 11.2. The fourth-order valence-electron chi connectivity index (χ4n) is 4.38. The average Bonchev–Trinajstić information content (AvgIpc) is 3.18. The Hall–Kier alpha value is -4.17. The van der Waals surface area contributed by atoms with Crippen LogP contribution < -0.4 is 9.73 Å². The molecule has 0 bridgehead atoms. The summed E-state index contributed by atoms with van der Waals surface area (Å²) in [6.45, 7) is 9.58. The van der Waals surface area contributed by atoms with E-state index in [4.69, 9.17) is 0 Å². The van der Waals surface area contributed by atoms with Gasteiger partial charge in [0.05, 0.1) is 16.8 Å². The zero-order valence-corrected chi connectivity index (χ0v) is 23.1. The van der Waals surface area contributed by atoms with E-state index in [1.165, 1.54) is 23.3 Å². The third-order valence-corrected chi connectivity index (χ3v) is 8.39. The van der Waals surface area contributed by atoms with E-state index in [9.17, 15) is 13.2 Å². The predicted molar refractivity (Wildman–Crippen MR) is 153 cm³/mol. The number of carbonyl (C=O) groups excluding carboxylic acids is 1. The van der Waals surface area contributed by atoms with Crippen molar-refractivity contribution in [3.8, 4) is 5.69 Å². The number of carbonyl (C=O) groups is 1. The fraction of sp³-hybridized carbons (Fsp3) is 0.200. The number of nitrogens with zero attached hydrogens (tertiary/aromatic N) is 3. The minimum atomic E-state index is -3.98. The largest absolute Gasteiger partial charge is 0.318 e. The van der Waals surface area contributed by atoms with E-state index in [1.54, 1.807) is 36.5 Å². The molecule has 8 heteroatoms. The molecule has 0 saturated carbocycles. The number of nitrogens with one attached hydrogen (secondary N) is 1. The van der Waals surface area contributed by atoms with Crippen LogP contribution in [0.2, 0.25) is 0 Å². The van der Waals surface area contributed by atoms with Crippen molar-refractivity contribution in [2.45, 2.75) is 39.5 Å². The van der Waals surface area contributed by atoms with Gasteiger partial charge in [0.15, 0.2) is 0 Å². The van der Waals surface area contributed by atoms with Crippen LogP contribution in [0.5, 0.6) is 0 Å². The summed E-state index contributed by atoms with van der Waals surface area (Å²) in [5.74, 6) is -0.549. The van der Waals surface area contributed by atoms with E-state index in [2.05, 4.69) is 47.1 Å². The van der Waals surface area contributed by atoms with Gasteiger partial charge in [-0.05, 0) is 87.7 Å². The lowest BCUT2D eigenvalue weighted by Gasteiger charge is -2.25. The zero-order valence-electron chi connectivity index (χ0n) is 22.3. The number of hydrogen-bond donors (Lipinski definition) is 1. The first kappa shape index (κ1) is 26.9. The number of sulfonamides is 1. The van der Waals surface area contributed by atoms with Crippen LogP contribution in [0.4, 0.5) is 5.69 Å². The van der Waals surface area contributed by atoms with E-state index in [0.29, 0.717) is 5.69 Å². The summed E-state index contributed by atoms with van der Waals surface area (Å²) in [5, 5.41) is 4.15. The molecule has 0 unspecified atom stereocenters. The second-order valence-electron chi connectivity index (χ2n) is 9.33. The lowest BCUT2D eigenvalue weighted by atomic mass is 10.1. The minimum absolute atomic E-state index is 0.110. The van der Waals surface area contributed by atoms with Crippen molar-refractivity contribution in [2.75, 3.05) is 10.8 Å². The number of aromatic nitrogens is 1. The maximum absolute atomic E-state index is 13.5. The second kappa shape index (κ2) is 11.1. The van der Waals surface area contributed by atoms with Crippen LogP contribution in [0.1, 0.15) is 33.6 Å². The molecule has 38 heavy (non-hydrogen) atoms. The summed E-state index contributed by atoms with van der Waals surface area (Å²) in [5.41, 5.74) is 10.1. The predicted octanol–water partition coefficient (Wildman–Crippen LogP) is 5.37. The van der Waals surface area contributed by atoms with Crippen LogP contribution in [0.3, 0.4) is 0 Å². The third-order valence-electron chi connectivity index (χ3n) is 6.61. The minimum Gasteiger partial charge on any atom is -0.318 e. The highest BCUT2D eigenvalue weighted by Crippen LogP contribution is 2.26. The molecule has 0 fully saturated rings. The summed E-state index contributed by atoms with van der Waals surface area (Å²) in [7, 11) is -3.98. The molecule has 0 radical (unpaired) electrons. The molecule has 196 valence electrons. The van der Waals surface area contributed by atoms with Crippen LogP contribution in [0.25, 0.3) is 5.69 Å². The quantitative estimate of drug-likeness (QED) is 0.247. The third kappa shape index (κ3) is 5.55. The molecular weight excluding hydrogens is 496 g/mol. The van der Waals surface area contributed by atoms with Gasteiger partial charge in [-0.15, -0.1) is 0 Å². The van der Waals surface area contributed by atoms with E-state index < -0.39 is 22.5 Å². The van der Waals surface area contributed by atoms with E-state index in [-0.39, 0.29) is 4.90 Å². The van der Waals surface area contributed by atoms with Gasteiger partial charge in [-0.3, -0.25) is 9.10 Å². The van der Waals surface area contributed by atoms with E-state index in [1.807, 2.05) is 39.0 Å². The van der Waals surface area contributed by atoms with Gasteiger partial charge in [0.25, 0.3) is 15.9 Å². The van der Waals surface area contributed by atoms with Gasteiger partial charge in [0, 0.05) is 22.6 Å². The van der Waals surface area contributed by atoms with E-state index in [0.717, 1.165) is 32.5 Å². The summed E-state index contributed by atoms with van der Waals surface area (Å²) in [4.78, 5) is 13.0. The van der Waals surface area contributed by atoms with Gasteiger partial charge in [0.1, 0.15) is 6.54 Å². The molecule has 4 rings (SSSR count). The van der Waals surface area contributed by atoms with Crippen molar-refractivity contribution >= 4 is 27.8 Å². The molecule has 0 saturated heterocycles. The zero-order chi connectivity index (χ0) is 27.4. The number of anilines is 1. The normalized spacial score (nSPS) is 11.6. The molecule has 1 aromatic heterocycles. The van der Waals surface area contributed by atoms with Crippen molar-refractivity contribution in [3.63, 3.8) is 0 Å². The average molecular weight is 529 g/mol. The Morgan fingerprint density at radius 3 is 2.24 bits per heavy atom. The Bertz CT molecular complexity index is 1610. The molecule has 1 heterocycles. The number of para-hydroxylation sites is 1. The Morgan fingerprint density at radius 1 is 0.868 bits per heavy atom. The highest BCUT2D eigenvalue weighted by molar-refractivity contribution is 7.92. The molecule has 7 nitrogen and oxygen atoms in total. The highest BCUT2D eigenvalue weighted by atomic mass is 32.2. The first-order chi connectivity index (χ1) is 18.1. The number of benzene rings is 3. The molecule has 3 aromatic carbocycles. The van der Waals surface area contributed by atoms with Crippen molar-refractivity contribution in [3.05, 3.63) is 113 Å². The summed E-state index contributed by atoms with van der Waals surface area (Å²) < 4.78 is 30.2. The van der Waals surface area contributed by atoms with Crippen molar-refractivity contribution < 1.29 is 13.2 Å². The lowest BCUT2D eigenvalue weighted by Crippen LogP contribution is -2.40. The lowest BCUT2D eigenvalue weighted by molar-refractivity contribution is -0.119. The summed E-state index contributed by atoms with van der Waals surface area (Å²) >= 11 is 0. The van der Waals surface area contributed by atoms with Gasteiger partial charge in [-0.1, -0.05) is 42.5 Å². The molecule has 1 amide bonds. The van der Waals surface area contributed by atoms with Crippen molar-refractivity contribution in [1.82, 2.24) is 9.99 Å². The Morgan fingerprint density at radius 2 is 1.55 bits per heavy atom. The summed E-state index contributed by atoms with van der Waals surface area (Å²) in [6, 6.07) is 23.5. The molecule has 4 aromatic rings. The molecular formula is C30H32N4O3S. The van der Waals surface area contributed by atoms with Crippen LogP contribution in [-0.4, -0.2) is 31.7 Å². The standard InChI is InChI=1S/C30H32N4O3S/c1-21-15-16-27(17-23(21)3)34-24(4)18-26(25(34)5)19-31-32-30(35)20-33(29-14-10-9-11-22(29)2)38(36,37)28-12-7-6-8-13-28/h6-19H,20H2,1-5H3,(H,32,35)/b31-19-. The van der Waals surface area contributed by atoms with Crippen LogP contribution in [0, 0.1) is 34.6 Å². The Kier molecular flexibility index (Phi) is 7.83. The molecule has 0 spiro atoms. The highest BCUT2D eigenvalue weighted by Gasteiger charge is 2.28. The summed E-state index contributed by atoms with van der Waals surface area (Å²) in [6.07, 6.45) is 1.58. The number of amides is 1. The Balaban J connectivity index is 1.56. The maximum Gasteiger partial charge on any atom is 0.264 e. The van der Waals surface area contributed by atoms with E-state index >= 15 is 0 Å². The Labute approximate surface area is 224 Å². The monoisotopic (exact) mass is 528 g/mol. The fourth-order valence-corrected chi connectivity index (χ4v) is 5.89. The smallest absolute Gasteiger partial charge is 0.264 e. The molecule has 0 aliphatic rings. The van der Waals surface area contributed by atoms with Gasteiger partial charge >= 0.3 is 0 Å². The molecule has 0 aliphatic heterocycles. The molecule has 1 N–H and O–H groups in total. The molecule has 0 aliphatic carbocycles. The molecule has 0 atom stereocenters. The van der Waals surface area contributed by atoms with Gasteiger partial charge in [-0.2, -0.15) is 5.10 Å². The first-order valence-electron chi connectivity index (χ1n) is 12.3. The number of hydrazone groups is 1. The maximum atomic E-state index is 13.5. The number of aryl methyl sites for hydroxylation is 4.